The highest BCUT2D eigenvalue weighted by Crippen LogP contribution is 2.31. The van der Waals surface area contributed by atoms with Crippen LogP contribution in [0.2, 0.25) is 0 Å². The summed E-state index contributed by atoms with van der Waals surface area (Å²) in [6.45, 7) is 0.0876. The summed E-state index contributed by atoms with van der Waals surface area (Å²) in [6, 6.07) is 9.67. The van der Waals surface area contributed by atoms with Gasteiger partial charge in [-0.2, -0.15) is 4.31 Å². The van der Waals surface area contributed by atoms with Gasteiger partial charge >= 0.3 is 0 Å². The van der Waals surface area contributed by atoms with E-state index in [0.29, 0.717) is 16.8 Å². The van der Waals surface area contributed by atoms with E-state index in [1.54, 1.807) is 30.5 Å². The number of pyridine rings is 2. The molecule has 26 heavy (non-hydrogen) atoms. The molecule has 0 saturated heterocycles. The summed E-state index contributed by atoms with van der Waals surface area (Å²) in [5.41, 5.74) is 1.96. The standard InChI is InChI=1S/C18H16FN3O3S/c19-16-9-11(1-2-12(16)10-22(26(24)25)13-3-4-13)14-7-8-20-18-15(14)5-6-17(23)21-18/h1-2,5-9,13H,3-4,10H2,(H,24,25)(H,20,21,23). The van der Waals surface area contributed by atoms with Crippen LogP contribution in [0.1, 0.15) is 18.4 Å². The Bertz CT molecular complexity index is 1060. The first-order chi connectivity index (χ1) is 12.5. The molecular weight excluding hydrogens is 357 g/mol. The zero-order valence-corrected chi connectivity index (χ0v) is 14.5. The van der Waals surface area contributed by atoms with Gasteiger partial charge < -0.3 is 4.98 Å². The Balaban J connectivity index is 1.70. The Morgan fingerprint density at radius 3 is 2.77 bits per heavy atom. The molecular formula is C18H16FN3O3S. The monoisotopic (exact) mass is 373 g/mol. The predicted molar refractivity (Wildman–Crippen MR) is 97.1 cm³/mol. The second-order valence-electron chi connectivity index (χ2n) is 6.29. The Kier molecular flexibility index (Phi) is 4.39. The number of aromatic nitrogens is 2. The van der Waals surface area contributed by atoms with Crippen LogP contribution in [0.3, 0.4) is 0 Å². The molecule has 0 amide bonds. The van der Waals surface area contributed by atoms with E-state index < -0.39 is 17.1 Å². The van der Waals surface area contributed by atoms with Gasteiger partial charge in [0.1, 0.15) is 11.5 Å². The van der Waals surface area contributed by atoms with E-state index in [0.717, 1.165) is 23.8 Å². The van der Waals surface area contributed by atoms with Crippen LogP contribution < -0.4 is 5.56 Å². The number of fused-ring (bicyclic) bond motifs is 1. The van der Waals surface area contributed by atoms with Gasteiger partial charge in [0, 0.05) is 35.8 Å². The molecule has 3 aromatic rings. The third kappa shape index (κ3) is 3.31. The number of hydrogen-bond acceptors (Lipinski definition) is 3. The van der Waals surface area contributed by atoms with Crippen molar-refractivity contribution < 1.29 is 13.2 Å². The molecule has 0 radical (unpaired) electrons. The lowest BCUT2D eigenvalue weighted by Gasteiger charge is -2.17. The summed E-state index contributed by atoms with van der Waals surface area (Å²) in [5.74, 6) is -0.437. The molecule has 1 aliphatic carbocycles. The average Bonchev–Trinajstić information content (AvgIpc) is 3.44. The number of rotatable bonds is 5. The lowest BCUT2D eigenvalue weighted by molar-refractivity contribution is 0.378. The van der Waals surface area contributed by atoms with E-state index in [1.165, 1.54) is 16.4 Å². The van der Waals surface area contributed by atoms with Crippen molar-refractivity contribution in [1.29, 1.82) is 0 Å². The van der Waals surface area contributed by atoms with E-state index in [1.807, 2.05) is 0 Å². The minimum Gasteiger partial charge on any atom is -0.307 e. The molecule has 0 spiro atoms. The topological polar surface area (TPSA) is 86.3 Å². The summed E-state index contributed by atoms with van der Waals surface area (Å²) in [5, 5.41) is 0.718. The van der Waals surface area contributed by atoms with Gasteiger partial charge in [-0.15, -0.1) is 0 Å². The molecule has 1 aromatic carbocycles. The van der Waals surface area contributed by atoms with Crippen LogP contribution in [-0.4, -0.2) is 29.1 Å². The van der Waals surface area contributed by atoms with Crippen LogP contribution in [0.15, 0.2) is 47.4 Å². The molecule has 0 bridgehead atoms. The SMILES string of the molecule is O=c1ccc2c(-c3ccc(CN(C4CC4)S(=O)O)c(F)c3)ccnc2[nH]1. The van der Waals surface area contributed by atoms with Gasteiger partial charge in [0.2, 0.25) is 16.8 Å². The van der Waals surface area contributed by atoms with E-state index in [9.17, 15) is 17.9 Å². The number of halogens is 1. The Hall–Kier alpha value is -2.42. The third-order valence-electron chi connectivity index (χ3n) is 4.48. The molecule has 4 rings (SSSR count). The maximum Gasteiger partial charge on any atom is 0.249 e. The maximum atomic E-state index is 14.6. The van der Waals surface area contributed by atoms with Gasteiger partial charge in [0.15, 0.2) is 0 Å². The summed E-state index contributed by atoms with van der Waals surface area (Å²) in [7, 11) is 0. The number of nitrogens with one attached hydrogen (secondary N) is 1. The van der Waals surface area contributed by atoms with Gasteiger partial charge in [-0.25, -0.2) is 13.6 Å². The lowest BCUT2D eigenvalue weighted by Crippen LogP contribution is -2.27. The van der Waals surface area contributed by atoms with Gasteiger partial charge in [0.25, 0.3) is 0 Å². The van der Waals surface area contributed by atoms with Crippen LogP contribution in [0.25, 0.3) is 22.2 Å². The Morgan fingerprint density at radius 1 is 1.27 bits per heavy atom. The largest absolute Gasteiger partial charge is 0.307 e. The Morgan fingerprint density at radius 2 is 2.08 bits per heavy atom. The maximum absolute atomic E-state index is 14.6. The average molecular weight is 373 g/mol. The second-order valence-corrected chi connectivity index (χ2v) is 7.22. The summed E-state index contributed by atoms with van der Waals surface area (Å²) < 4.78 is 36.8. The lowest BCUT2D eigenvalue weighted by atomic mass is 10.0. The second kappa shape index (κ2) is 6.71. The molecule has 2 aromatic heterocycles. The minimum absolute atomic E-state index is 0.0425. The van der Waals surface area contributed by atoms with Crippen molar-refractivity contribution in [2.45, 2.75) is 25.4 Å². The smallest absolute Gasteiger partial charge is 0.249 e. The number of aromatic amines is 1. The van der Waals surface area contributed by atoms with E-state index in [-0.39, 0.29) is 18.1 Å². The first-order valence-corrected chi connectivity index (χ1v) is 9.24. The normalized spacial score (nSPS) is 15.5. The number of benzene rings is 1. The fourth-order valence-electron chi connectivity index (χ4n) is 3.00. The van der Waals surface area contributed by atoms with Crippen molar-refractivity contribution in [3.05, 3.63) is 64.3 Å². The predicted octanol–water partition coefficient (Wildman–Crippen LogP) is 2.83. The van der Waals surface area contributed by atoms with Crippen molar-refractivity contribution in [2.24, 2.45) is 0 Å². The van der Waals surface area contributed by atoms with Crippen LogP contribution in [0.5, 0.6) is 0 Å². The van der Waals surface area contributed by atoms with Gasteiger partial charge in [-0.05, 0) is 42.2 Å². The third-order valence-corrected chi connectivity index (χ3v) is 5.31. The minimum atomic E-state index is -2.12. The van der Waals surface area contributed by atoms with E-state index in [2.05, 4.69) is 9.97 Å². The van der Waals surface area contributed by atoms with Crippen molar-refractivity contribution in [2.75, 3.05) is 0 Å². The quantitative estimate of drug-likeness (QED) is 0.674. The summed E-state index contributed by atoms with van der Waals surface area (Å²) in [4.78, 5) is 18.2. The number of nitrogens with zero attached hydrogens (tertiary/aromatic N) is 2. The highest BCUT2D eigenvalue weighted by Gasteiger charge is 2.33. The first kappa shape index (κ1) is 17.0. The van der Waals surface area contributed by atoms with Crippen molar-refractivity contribution in [3.63, 3.8) is 0 Å². The molecule has 1 aliphatic rings. The molecule has 1 unspecified atom stereocenters. The zero-order chi connectivity index (χ0) is 18.3. The molecule has 1 saturated carbocycles. The highest BCUT2D eigenvalue weighted by atomic mass is 32.2. The van der Waals surface area contributed by atoms with Crippen molar-refractivity contribution in [3.8, 4) is 11.1 Å². The molecule has 8 heteroatoms. The van der Waals surface area contributed by atoms with Crippen LogP contribution in [-0.2, 0) is 17.8 Å². The Labute approximate surface area is 151 Å². The van der Waals surface area contributed by atoms with Crippen LogP contribution >= 0.6 is 0 Å². The fraction of sp³-hybridized carbons (Fsp3) is 0.222. The molecule has 6 nitrogen and oxygen atoms in total. The molecule has 1 fully saturated rings. The van der Waals surface area contributed by atoms with Crippen molar-refractivity contribution in [1.82, 2.24) is 14.3 Å². The molecule has 1 atom stereocenters. The first-order valence-electron chi connectivity index (χ1n) is 8.17. The van der Waals surface area contributed by atoms with Gasteiger partial charge in [-0.3, -0.25) is 9.35 Å². The highest BCUT2D eigenvalue weighted by molar-refractivity contribution is 7.76. The van der Waals surface area contributed by atoms with Crippen LogP contribution in [0.4, 0.5) is 4.39 Å². The van der Waals surface area contributed by atoms with Gasteiger partial charge in [-0.1, -0.05) is 12.1 Å². The summed E-state index contributed by atoms with van der Waals surface area (Å²) in [6.07, 6.45) is 3.27. The molecule has 134 valence electrons. The van der Waals surface area contributed by atoms with Gasteiger partial charge in [0.05, 0.1) is 0 Å². The van der Waals surface area contributed by atoms with Crippen LogP contribution in [0, 0.1) is 5.82 Å². The zero-order valence-electron chi connectivity index (χ0n) is 13.7. The molecule has 2 N–H and O–H groups in total. The van der Waals surface area contributed by atoms with E-state index in [4.69, 9.17) is 0 Å². The fourth-order valence-corrected chi connectivity index (χ4v) is 3.71. The number of hydrogen-bond donors (Lipinski definition) is 2. The number of H-pyrrole nitrogens is 1. The molecule has 2 heterocycles. The van der Waals surface area contributed by atoms with E-state index >= 15 is 0 Å². The molecule has 0 aliphatic heterocycles. The summed E-state index contributed by atoms with van der Waals surface area (Å²) >= 11 is -2.12. The van der Waals surface area contributed by atoms with Crippen molar-refractivity contribution >= 4 is 22.3 Å².